The van der Waals surface area contributed by atoms with Gasteiger partial charge in [0.25, 0.3) is 5.91 Å². The first-order valence-corrected chi connectivity index (χ1v) is 16.2. The first-order valence-electron chi connectivity index (χ1n) is 16.2. The molecule has 0 radical (unpaired) electrons. The Morgan fingerprint density at radius 2 is 1.56 bits per heavy atom. The van der Waals surface area contributed by atoms with Gasteiger partial charge in [-0.1, -0.05) is 79.2 Å². The van der Waals surface area contributed by atoms with Crippen LogP contribution in [0.4, 0.5) is 0 Å². The minimum Gasteiger partial charge on any atom is -0.339 e. The third-order valence-corrected chi connectivity index (χ3v) is 8.60. The van der Waals surface area contributed by atoms with Crippen LogP contribution in [-0.4, -0.2) is 58.0 Å². The summed E-state index contributed by atoms with van der Waals surface area (Å²) in [6, 6.07) is 13.0. The van der Waals surface area contributed by atoms with Crippen LogP contribution in [0.1, 0.15) is 108 Å². The quantitative estimate of drug-likeness (QED) is 0.225. The molecule has 1 aliphatic heterocycles. The average Bonchev–Trinajstić information content (AvgIpc) is 3.30. The van der Waals surface area contributed by atoms with Crippen LogP contribution in [0, 0.1) is 11.8 Å². The maximum atomic E-state index is 13.8. The molecule has 5 heteroatoms. The van der Waals surface area contributed by atoms with E-state index >= 15 is 0 Å². The van der Waals surface area contributed by atoms with Gasteiger partial charge in [-0.2, -0.15) is 5.10 Å². The third-order valence-electron chi connectivity index (χ3n) is 8.60. The summed E-state index contributed by atoms with van der Waals surface area (Å²) in [5, 5.41) is 5.08. The van der Waals surface area contributed by atoms with Crippen molar-refractivity contribution in [2.75, 3.05) is 32.7 Å². The van der Waals surface area contributed by atoms with Gasteiger partial charge in [0.1, 0.15) is 0 Å². The van der Waals surface area contributed by atoms with E-state index in [0.717, 1.165) is 67.7 Å². The number of carbonyl (C=O) groups excluding carboxylic acids is 1. The lowest BCUT2D eigenvalue weighted by atomic mass is 9.86. The number of hydrogen-bond acceptors (Lipinski definition) is 3. The van der Waals surface area contributed by atoms with E-state index in [1.807, 2.05) is 16.8 Å². The number of carbonyl (C=O) groups is 1. The zero-order valence-corrected chi connectivity index (χ0v) is 26.9. The lowest BCUT2D eigenvalue weighted by Crippen LogP contribution is -2.34. The topological polar surface area (TPSA) is 40.9 Å². The second kappa shape index (κ2) is 14.0. The number of aryl methyl sites for hydroxylation is 1. The largest absolute Gasteiger partial charge is 0.339 e. The highest BCUT2D eigenvalue weighted by molar-refractivity contribution is 5.95. The van der Waals surface area contributed by atoms with E-state index in [1.54, 1.807) is 0 Å². The molecule has 41 heavy (non-hydrogen) atoms. The van der Waals surface area contributed by atoms with Crippen molar-refractivity contribution in [3.8, 4) is 11.3 Å². The van der Waals surface area contributed by atoms with E-state index in [0.29, 0.717) is 11.8 Å². The number of amides is 1. The Morgan fingerprint density at radius 1 is 0.927 bits per heavy atom. The van der Waals surface area contributed by atoms with E-state index in [1.165, 1.54) is 43.5 Å². The van der Waals surface area contributed by atoms with Gasteiger partial charge in [0.2, 0.25) is 0 Å². The molecular formula is C36H54N4O. The van der Waals surface area contributed by atoms with Crippen LogP contribution in [0.2, 0.25) is 0 Å². The number of benzene rings is 1. The van der Waals surface area contributed by atoms with Crippen LogP contribution >= 0.6 is 0 Å². The Labute approximate surface area is 249 Å². The van der Waals surface area contributed by atoms with Crippen molar-refractivity contribution in [3.63, 3.8) is 0 Å². The van der Waals surface area contributed by atoms with E-state index < -0.39 is 0 Å². The van der Waals surface area contributed by atoms with Gasteiger partial charge in [-0.25, -0.2) is 4.52 Å². The molecule has 1 aliphatic rings. The molecule has 0 aliphatic carbocycles. The highest BCUT2D eigenvalue weighted by Crippen LogP contribution is 2.31. The van der Waals surface area contributed by atoms with Crippen LogP contribution in [0.15, 0.2) is 42.6 Å². The first kappa shape index (κ1) is 31.3. The number of nitrogens with zero attached hydrogens (tertiary/aromatic N) is 4. The predicted molar refractivity (Wildman–Crippen MR) is 173 cm³/mol. The van der Waals surface area contributed by atoms with Crippen molar-refractivity contribution >= 4 is 11.4 Å². The summed E-state index contributed by atoms with van der Waals surface area (Å²) in [6.45, 7) is 20.9. The van der Waals surface area contributed by atoms with Crippen LogP contribution in [0.25, 0.3) is 16.8 Å². The van der Waals surface area contributed by atoms with Crippen LogP contribution in [0.3, 0.4) is 0 Å². The fraction of sp³-hybridized carbons (Fsp3) is 0.611. The van der Waals surface area contributed by atoms with Crippen molar-refractivity contribution in [1.29, 1.82) is 0 Å². The summed E-state index contributed by atoms with van der Waals surface area (Å²) < 4.78 is 1.99. The molecule has 2 aromatic heterocycles. The fourth-order valence-corrected chi connectivity index (χ4v) is 5.82. The highest BCUT2D eigenvalue weighted by Gasteiger charge is 2.21. The summed E-state index contributed by atoms with van der Waals surface area (Å²) in [4.78, 5) is 18.5. The Hall–Kier alpha value is -2.66. The van der Waals surface area contributed by atoms with Gasteiger partial charge in [0.15, 0.2) is 0 Å². The molecule has 3 aromatic rings. The minimum atomic E-state index is 0.112. The minimum absolute atomic E-state index is 0.112. The molecule has 0 spiro atoms. The highest BCUT2D eigenvalue weighted by atomic mass is 16.2. The van der Waals surface area contributed by atoms with Crippen molar-refractivity contribution in [2.45, 2.75) is 98.8 Å². The molecule has 0 N–H and O–H groups in total. The van der Waals surface area contributed by atoms with Crippen LogP contribution in [-0.2, 0) is 11.8 Å². The van der Waals surface area contributed by atoms with Gasteiger partial charge in [0.05, 0.1) is 11.2 Å². The molecule has 3 heterocycles. The lowest BCUT2D eigenvalue weighted by Gasteiger charge is -2.26. The van der Waals surface area contributed by atoms with Gasteiger partial charge in [0, 0.05) is 36.0 Å². The number of aromatic nitrogens is 2. The van der Waals surface area contributed by atoms with Gasteiger partial charge in [-0.3, -0.25) is 4.79 Å². The zero-order chi connectivity index (χ0) is 29.6. The van der Waals surface area contributed by atoms with Gasteiger partial charge >= 0.3 is 0 Å². The SMILES string of the molecule is CC(C)CCN(CCC(C)C)C(=O)c1ccn2nc(-c3ccc(C(C)(C)C)cc3)c(CCCN3CCCCC3)c2c1. The van der Waals surface area contributed by atoms with E-state index in [2.05, 4.69) is 88.6 Å². The maximum Gasteiger partial charge on any atom is 0.253 e. The van der Waals surface area contributed by atoms with Gasteiger partial charge in [-0.05, 0) is 93.1 Å². The zero-order valence-electron chi connectivity index (χ0n) is 26.9. The normalized spacial score (nSPS) is 14.9. The molecular weight excluding hydrogens is 504 g/mol. The van der Waals surface area contributed by atoms with Gasteiger partial charge < -0.3 is 9.80 Å². The summed E-state index contributed by atoms with van der Waals surface area (Å²) in [5.41, 5.74) is 6.74. The molecule has 1 fully saturated rings. The van der Waals surface area contributed by atoms with E-state index in [9.17, 15) is 4.79 Å². The second-order valence-corrected chi connectivity index (χ2v) is 14.1. The molecule has 0 atom stereocenters. The van der Waals surface area contributed by atoms with Crippen molar-refractivity contribution < 1.29 is 4.79 Å². The van der Waals surface area contributed by atoms with Gasteiger partial charge in [-0.15, -0.1) is 0 Å². The third kappa shape index (κ3) is 8.44. The number of likely N-dealkylation sites (tertiary alicyclic amines) is 1. The monoisotopic (exact) mass is 558 g/mol. The molecule has 0 unspecified atom stereocenters. The van der Waals surface area contributed by atoms with Crippen molar-refractivity contribution in [1.82, 2.24) is 19.4 Å². The maximum absolute atomic E-state index is 13.8. The smallest absolute Gasteiger partial charge is 0.253 e. The Kier molecular flexibility index (Phi) is 10.7. The molecule has 1 saturated heterocycles. The van der Waals surface area contributed by atoms with E-state index in [4.69, 9.17) is 5.10 Å². The predicted octanol–water partition coefficient (Wildman–Crippen LogP) is 8.25. The number of pyridine rings is 1. The Balaban J connectivity index is 1.67. The number of fused-ring (bicyclic) bond motifs is 1. The molecule has 5 nitrogen and oxygen atoms in total. The van der Waals surface area contributed by atoms with Crippen molar-refractivity contribution in [2.24, 2.45) is 11.8 Å². The Bertz CT molecular complexity index is 1250. The molecule has 0 bridgehead atoms. The summed E-state index contributed by atoms with van der Waals surface area (Å²) in [6.07, 6.45) is 10.1. The molecule has 1 aromatic carbocycles. The summed E-state index contributed by atoms with van der Waals surface area (Å²) in [5.74, 6) is 1.28. The summed E-state index contributed by atoms with van der Waals surface area (Å²) >= 11 is 0. The standard InChI is InChI=1S/C36H54N4O/c1-27(2)17-23-39(24-18-28(3)4)35(41)30-19-25-40-33(26-30)32(12-11-22-38-20-9-8-10-21-38)34(37-40)29-13-15-31(16-14-29)36(5,6)7/h13-16,19,25-28H,8-12,17-18,20-24H2,1-7H3. The van der Waals surface area contributed by atoms with E-state index in [-0.39, 0.29) is 11.3 Å². The second-order valence-electron chi connectivity index (χ2n) is 14.1. The van der Waals surface area contributed by atoms with Crippen molar-refractivity contribution in [3.05, 3.63) is 59.3 Å². The number of rotatable bonds is 12. The molecule has 1 amide bonds. The fourth-order valence-electron chi connectivity index (χ4n) is 5.82. The number of piperidine rings is 1. The summed E-state index contributed by atoms with van der Waals surface area (Å²) in [7, 11) is 0. The van der Waals surface area contributed by atoms with Crippen LogP contribution in [0.5, 0.6) is 0 Å². The molecule has 4 rings (SSSR count). The average molecular weight is 559 g/mol. The lowest BCUT2D eigenvalue weighted by molar-refractivity contribution is 0.0741. The number of hydrogen-bond donors (Lipinski definition) is 0. The Morgan fingerprint density at radius 3 is 2.15 bits per heavy atom. The first-order chi connectivity index (χ1) is 19.5. The molecule has 0 saturated carbocycles. The van der Waals surface area contributed by atoms with Crippen LogP contribution < -0.4 is 0 Å². The molecule has 224 valence electrons.